The van der Waals surface area contributed by atoms with Crippen molar-refractivity contribution in [1.29, 1.82) is 5.26 Å². The standard InChI is InChI=1S/C50H71N4O9P/c1-4-5-6-7-11-14-23-32-56-33-24-15-12-9-8-10-13-22-29-44(57-35-41-25-18-16-19-26-41)37-59-64(55,58-36-42-27-20-17-21-28-42)60-38-45-47-48(63-49(2,3)62-47)50(39-51,61-45)46-31-30-43-34-52-40-53-54(43)46/h16-21,25-28,30-31,34,40,44-45,47-48H,4-15,22-24,29,32-33,35-38H2,1-3H3/t44-,45-,47?,48+,50+,64?/m1/s1. The fourth-order valence-electron chi connectivity index (χ4n) is 8.46. The highest BCUT2D eigenvalue weighted by molar-refractivity contribution is 7.48. The molecule has 4 aromatic rings. The van der Waals surface area contributed by atoms with Gasteiger partial charge in [-0.05, 0) is 56.4 Å². The van der Waals surface area contributed by atoms with Gasteiger partial charge in [0.2, 0.25) is 5.60 Å². The van der Waals surface area contributed by atoms with Crippen molar-refractivity contribution in [2.75, 3.05) is 26.4 Å². The van der Waals surface area contributed by atoms with Gasteiger partial charge in [-0.15, -0.1) is 0 Å². The second kappa shape index (κ2) is 26.0. The van der Waals surface area contributed by atoms with Gasteiger partial charge in [-0.2, -0.15) is 10.4 Å². The van der Waals surface area contributed by atoms with Crippen molar-refractivity contribution in [3.05, 3.63) is 102 Å². The highest BCUT2D eigenvalue weighted by atomic mass is 31.2. The molecule has 0 spiro atoms. The number of fused-ring (bicyclic) bond motifs is 2. The van der Waals surface area contributed by atoms with E-state index < -0.39 is 37.5 Å². The molecule has 6 atom stereocenters. The van der Waals surface area contributed by atoms with Crippen LogP contribution in [0.15, 0.2) is 85.3 Å². The summed E-state index contributed by atoms with van der Waals surface area (Å²) in [7, 11) is -4.26. The minimum atomic E-state index is -4.26. The molecule has 0 N–H and O–H groups in total. The summed E-state index contributed by atoms with van der Waals surface area (Å²) in [5.41, 5.74) is 1.35. The molecule has 2 aromatic carbocycles. The lowest BCUT2D eigenvalue weighted by Crippen LogP contribution is -2.40. The van der Waals surface area contributed by atoms with Crippen LogP contribution in [-0.2, 0) is 60.6 Å². The number of phosphoric ester groups is 1. The Morgan fingerprint density at radius 1 is 0.750 bits per heavy atom. The normalized spacial score (nSPS) is 21.8. The summed E-state index contributed by atoms with van der Waals surface area (Å²) in [6.45, 7) is 7.69. The fraction of sp³-hybridized carbons (Fsp3) is 0.620. The van der Waals surface area contributed by atoms with E-state index in [0.29, 0.717) is 17.8 Å². The Labute approximate surface area is 381 Å². The Morgan fingerprint density at radius 3 is 2.03 bits per heavy atom. The summed E-state index contributed by atoms with van der Waals surface area (Å²) in [5.74, 6) is -1.03. The third kappa shape index (κ3) is 15.0. The quantitative estimate of drug-likeness (QED) is 0.0340. The van der Waals surface area contributed by atoms with Crippen molar-refractivity contribution in [2.24, 2.45) is 0 Å². The molecule has 2 aliphatic heterocycles. The molecule has 0 radical (unpaired) electrons. The lowest BCUT2D eigenvalue weighted by atomic mass is 9.92. The van der Waals surface area contributed by atoms with Crippen LogP contribution in [0.2, 0.25) is 0 Å². The van der Waals surface area contributed by atoms with Crippen LogP contribution in [0.25, 0.3) is 5.52 Å². The first kappa shape index (κ1) is 49.9. The number of hydrogen-bond donors (Lipinski definition) is 0. The van der Waals surface area contributed by atoms with Crippen LogP contribution in [-0.4, -0.2) is 71.2 Å². The van der Waals surface area contributed by atoms with Gasteiger partial charge in [0.05, 0.1) is 49.9 Å². The molecule has 2 aromatic heterocycles. The maximum absolute atomic E-state index is 14.7. The van der Waals surface area contributed by atoms with Crippen LogP contribution < -0.4 is 0 Å². The Balaban J connectivity index is 1.01. The summed E-state index contributed by atoms with van der Waals surface area (Å²) >= 11 is 0. The lowest BCUT2D eigenvalue weighted by Gasteiger charge is -2.29. The van der Waals surface area contributed by atoms with Crippen LogP contribution in [0.1, 0.15) is 140 Å². The second-order valence-electron chi connectivity index (χ2n) is 17.6. The molecule has 64 heavy (non-hydrogen) atoms. The van der Waals surface area contributed by atoms with E-state index in [9.17, 15) is 9.83 Å². The van der Waals surface area contributed by atoms with E-state index in [4.69, 9.17) is 37.3 Å². The molecular weight excluding hydrogens is 832 g/mol. The number of benzene rings is 2. The number of rotatable bonds is 32. The smallest absolute Gasteiger partial charge is 0.381 e. The third-order valence-electron chi connectivity index (χ3n) is 11.9. The monoisotopic (exact) mass is 902 g/mol. The molecule has 0 aliphatic carbocycles. The maximum Gasteiger partial charge on any atom is 0.475 e. The van der Waals surface area contributed by atoms with Crippen molar-refractivity contribution in [2.45, 2.75) is 173 Å². The van der Waals surface area contributed by atoms with E-state index >= 15 is 0 Å². The van der Waals surface area contributed by atoms with Crippen LogP contribution in [0.4, 0.5) is 0 Å². The Bertz CT molecular complexity index is 2010. The Hall–Kier alpha value is -3.54. The van der Waals surface area contributed by atoms with E-state index in [0.717, 1.165) is 56.4 Å². The van der Waals surface area contributed by atoms with Crippen LogP contribution in [0, 0.1) is 11.3 Å². The average Bonchev–Trinajstić information content (AvgIpc) is 3.98. The van der Waals surface area contributed by atoms with E-state index in [2.05, 4.69) is 23.1 Å². The van der Waals surface area contributed by atoms with Gasteiger partial charge in [-0.1, -0.05) is 151 Å². The summed E-state index contributed by atoms with van der Waals surface area (Å²) < 4.78 is 66.1. The zero-order valence-corrected chi connectivity index (χ0v) is 39.3. The molecule has 2 fully saturated rings. The van der Waals surface area contributed by atoms with Crippen molar-refractivity contribution >= 4 is 13.3 Å². The van der Waals surface area contributed by atoms with Crippen LogP contribution in [0.3, 0.4) is 0 Å². The average molecular weight is 903 g/mol. The van der Waals surface area contributed by atoms with E-state index in [1.54, 1.807) is 30.6 Å². The third-order valence-corrected chi connectivity index (χ3v) is 13.3. The molecule has 6 rings (SSSR count). The number of phosphoric acid groups is 1. The Morgan fingerprint density at radius 2 is 1.38 bits per heavy atom. The first-order valence-corrected chi connectivity index (χ1v) is 25.2. The van der Waals surface area contributed by atoms with Gasteiger partial charge in [0.15, 0.2) is 5.79 Å². The molecule has 350 valence electrons. The number of nitrogens with zero attached hydrogens (tertiary/aromatic N) is 4. The molecule has 0 bridgehead atoms. The fourth-order valence-corrected chi connectivity index (χ4v) is 9.66. The molecule has 2 unspecified atom stereocenters. The zero-order valence-electron chi connectivity index (χ0n) is 38.4. The number of ether oxygens (including phenoxy) is 5. The van der Waals surface area contributed by atoms with Gasteiger partial charge < -0.3 is 23.7 Å². The number of aromatic nitrogens is 3. The molecule has 2 aliphatic rings. The number of nitriles is 1. The van der Waals surface area contributed by atoms with E-state index in [1.807, 2.05) is 66.7 Å². The van der Waals surface area contributed by atoms with Gasteiger partial charge >= 0.3 is 7.82 Å². The lowest BCUT2D eigenvalue weighted by molar-refractivity contribution is -0.204. The van der Waals surface area contributed by atoms with Crippen molar-refractivity contribution < 1.29 is 41.8 Å². The largest absolute Gasteiger partial charge is 0.475 e. The molecule has 4 heterocycles. The molecule has 0 amide bonds. The van der Waals surface area contributed by atoms with E-state index in [1.165, 1.54) is 77.0 Å². The van der Waals surface area contributed by atoms with Crippen LogP contribution >= 0.6 is 7.82 Å². The minimum absolute atomic E-state index is 0.0118. The van der Waals surface area contributed by atoms with Gasteiger partial charge in [0.1, 0.15) is 30.7 Å². The maximum atomic E-state index is 14.7. The van der Waals surface area contributed by atoms with Crippen molar-refractivity contribution in [3.63, 3.8) is 0 Å². The summed E-state index contributed by atoms with van der Waals surface area (Å²) in [4.78, 5) is 4.11. The summed E-state index contributed by atoms with van der Waals surface area (Å²) in [6.07, 6.45) is 19.3. The van der Waals surface area contributed by atoms with E-state index in [-0.39, 0.29) is 25.9 Å². The summed E-state index contributed by atoms with van der Waals surface area (Å²) in [5, 5.41) is 15.2. The first-order chi connectivity index (χ1) is 31.2. The zero-order chi connectivity index (χ0) is 44.9. The van der Waals surface area contributed by atoms with Crippen molar-refractivity contribution in [3.8, 4) is 6.07 Å². The number of unbranched alkanes of at least 4 members (excludes halogenated alkanes) is 13. The number of hydrogen-bond acceptors (Lipinski definition) is 12. The topological polar surface area (TPSA) is 145 Å². The predicted octanol–water partition coefficient (Wildman–Crippen LogP) is 11.6. The molecule has 2 saturated heterocycles. The molecule has 0 saturated carbocycles. The summed E-state index contributed by atoms with van der Waals surface area (Å²) in [6, 6.07) is 25.4. The van der Waals surface area contributed by atoms with Gasteiger partial charge in [-0.25, -0.2) is 14.1 Å². The predicted molar refractivity (Wildman–Crippen MR) is 245 cm³/mol. The SMILES string of the molecule is CCCCCCCCCOCCCCCCCCCC[C@H](COP(=O)(OCc1ccccc1)OC[C@H]1O[C@@](C#N)(c2ccc3cncnn23)[C@H]2OC(C)(C)OC12)OCc1ccccc1. The first-order valence-electron chi connectivity index (χ1n) is 23.8. The Kier molecular flexibility index (Phi) is 20.2. The van der Waals surface area contributed by atoms with Gasteiger partial charge in [-0.3, -0.25) is 13.6 Å². The van der Waals surface area contributed by atoms with Gasteiger partial charge in [0, 0.05) is 13.2 Å². The molecular formula is C50H71N4O9P. The van der Waals surface area contributed by atoms with Gasteiger partial charge in [0.25, 0.3) is 0 Å². The highest BCUT2D eigenvalue weighted by Crippen LogP contribution is 2.54. The highest BCUT2D eigenvalue weighted by Gasteiger charge is 2.65. The van der Waals surface area contributed by atoms with Crippen molar-refractivity contribution in [1.82, 2.24) is 14.6 Å². The van der Waals surface area contributed by atoms with Crippen LogP contribution in [0.5, 0.6) is 0 Å². The molecule has 14 heteroatoms. The second-order valence-corrected chi connectivity index (χ2v) is 19.2. The molecule has 13 nitrogen and oxygen atoms in total. The minimum Gasteiger partial charge on any atom is -0.381 e.